The van der Waals surface area contributed by atoms with E-state index in [0.29, 0.717) is 6.54 Å². The Morgan fingerprint density at radius 1 is 1.19 bits per heavy atom. The number of nitrogens with one attached hydrogen (secondary N) is 1. The van der Waals surface area contributed by atoms with Crippen molar-refractivity contribution in [3.8, 4) is 5.75 Å². The molecule has 0 fully saturated rings. The maximum atomic E-state index is 13.7. The molecule has 21 heavy (non-hydrogen) atoms. The molecule has 0 saturated heterocycles. The standard InChI is InChI=1S/C17H19BrFNO/c1-3-16(13-5-7-14(18)8-6-13)20-11-12-4-9-17(21-2)15(19)10-12/h4-10,16,20H,3,11H2,1-2H3. The number of halogens is 2. The Balaban J connectivity index is 2.03. The van der Waals surface area contributed by atoms with E-state index in [2.05, 4.69) is 40.3 Å². The average Bonchev–Trinajstić information content (AvgIpc) is 2.49. The smallest absolute Gasteiger partial charge is 0.165 e. The molecule has 0 aliphatic rings. The Morgan fingerprint density at radius 2 is 1.90 bits per heavy atom. The van der Waals surface area contributed by atoms with Crippen molar-refractivity contribution in [3.63, 3.8) is 0 Å². The van der Waals surface area contributed by atoms with Crippen molar-refractivity contribution in [1.29, 1.82) is 0 Å². The van der Waals surface area contributed by atoms with Crippen molar-refractivity contribution < 1.29 is 9.13 Å². The average molecular weight is 352 g/mol. The van der Waals surface area contributed by atoms with Crippen LogP contribution in [0.4, 0.5) is 4.39 Å². The number of ether oxygens (including phenoxy) is 1. The van der Waals surface area contributed by atoms with Crippen molar-refractivity contribution in [3.05, 3.63) is 63.9 Å². The second kappa shape index (κ2) is 7.57. The van der Waals surface area contributed by atoms with E-state index in [-0.39, 0.29) is 17.6 Å². The fraction of sp³-hybridized carbons (Fsp3) is 0.294. The molecule has 112 valence electrons. The Kier molecular flexibility index (Phi) is 5.76. The van der Waals surface area contributed by atoms with Gasteiger partial charge in [0, 0.05) is 17.1 Å². The van der Waals surface area contributed by atoms with Gasteiger partial charge in [0.25, 0.3) is 0 Å². The quantitative estimate of drug-likeness (QED) is 0.803. The van der Waals surface area contributed by atoms with Gasteiger partial charge in [0.1, 0.15) is 0 Å². The van der Waals surface area contributed by atoms with Crippen LogP contribution in [0.3, 0.4) is 0 Å². The first-order valence-corrected chi connectivity index (χ1v) is 7.74. The summed E-state index contributed by atoms with van der Waals surface area (Å²) in [6.07, 6.45) is 0.972. The van der Waals surface area contributed by atoms with Crippen LogP contribution in [-0.2, 0) is 6.54 Å². The van der Waals surface area contributed by atoms with Gasteiger partial charge in [0.05, 0.1) is 7.11 Å². The second-order valence-corrected chi connectivity index (χ2v) is 5.78. The molecule has 0 saturated carbocycles. The highest BCUT2D eigenvalue weighted by molar-refractivity contribution is 9.10. The van der Waals surface area contributed by atoms with E-state index in [1.807, 2.05) is 18.2 Å². The third-order valence-electron chi connectivity index (χ3n) is 3.45. The van der Waals surface area contributed by atoms with E-state index in [4.69, 9.17) is 4.74 Å². The van der Waals surface area contributed by atoms with Gasteiger partial charge in [0.2, 0.25) is 0 Å². The molecule has 0 bridgehead atoms. The van der Waals surface area contributed by atoms with E-state index < -0.39 is 0 Å². The lowest BCUT2D eigenvalue weighted by atomic mass is 10.0. The molecule has 1 unspecified atom stereocenters. The third kappa shape index (κ3) is 4.29. The highest BCUT2D eigenvalue weighted by Crippen LogP contribution is 2.21. The van der Waals surface area contributed by atoms with Crippen LogP contribution in [0.2, 0.25) is 0 Å². The highest BCUT2D eigenvalue weighted by atomic mass is 79.9. The molecular weight excluding hydrogens is 333 g/mol. The summed E-state index contributed by atoms with van der Waals surface area (Å²) in [5, 5.41) is 3.46. The Morgan fingerprint density at radius 3 is 2.48 bits per heavy atom. The molecule has 0 amide bonds. The van der Waals surface area contributed by atoms with E-state index in [0.717, 1.165) is 16.5 Å². The zero-order valence-corrected chi connectivity index (χ0v) is 13.8. The molecule has 0 aliphatic carbocycles. The van der Waals surface area contributed by atoms with Crippen LogP contribution >= 0.6 is 15.9 Å². The molecule has 1 N–H and O–H groups in total. The van der Waals surface area contributed by atoms with E-state index in [1.165, 1.54) is 18.7 Å². The van der Waals surface area contributed by atoms with Gasteiger partial charge < -0.3 is 10.1 Å². The second-order valence-electron chi connectivity index (χ2n) is 4.86. The van der Waals surface area contributed by atoms with Gasteiger partial charge in [0.15, 0.2) is 11.6 Å². The Labute approximate surface area is 133 Å². The number of hydrogen-bond donors (Lipinski definition) is 1. The highest BCUT2D eigenvalue weighted by Gasteiger charge is 2.09. The van der Waals surface area contributed by atoms with Crippen LogP contribution in [0, 0.1) is 5.82 Å². The lowest BCUT2D eigenvalue weighted by Gasteiger charge is -2.18. The topological polar surface area (TPSA) is 21.3 Å². The Hall–Kier alpha value is -1.39. The van der Waals surface area contributed by atoms with Gasteiger partial charge in [-0.15, -0.1) is 0 Å². The van der Waals surface area contributed by atoms with Crippen molar-refractivity contribution >= 4 is 15.9 Å². The molecule has 0 aromatic heterocycles. The predicted molar refractivity (Wildman–Crippen MR) is 87.0 cm³/mol. The van der Waals surface area contributed by atoms with Gasteiger partial charge in [-0.1, -0.05) is 41.1 Å². The summed E-state index contributed by atoms with van der Waals surface area (Å²) in [6.45, 7) is 2.75. The molecule has 2 aromatic carbocycles. The number of benzene rings is 2. The number of methoxy groups -OCH3 is 1. The summed E-state index contributed by atoms with van der Waals surface area (Å²) < 4.78 is 19.7. The predicted octanol–water partition coefficient (Wildman–Crippen LogP) is 4.84. The minimum atomic E-state index is -0.325. The summed E-state index contributed by atoms with van der Waals surface area (Å²) in [5.41, 5.74) is 2.14. The summed E-state index contributed by atoms with van der Waals surface area (Å²) in [4.78, 5) is 0. The Bertz CT molecular complexity index is 586. The minimum Gasteiger partial charge on any atom is -0.494 e. The lowest BCUT2D eigenvalue weighted by Crippen LogP contribution is -2.20. The van der Waals surface area contributed by atoms with Crippen LogP contribution in [0.1, 0.15) is 30.5 Å². The van der Waals surface area contributed by atoms with Gasteiger partial charge in [-0.05, 0) is 41.8 Å². The van der Waals surface area contributed by atoms with Crippen molar-refractivity contribution in [2.75, 3.05) is 7.11 Å². The largest absolute Gasteiger partial charge is 0.494 e. The maximum absolute atomic E-state index is 13.7. The summed E-state index contributed by atoms with van der Waals surface area (Å²) in [6, 6.07) is 13.6. The molecule has 2 rings (SSSR count). The minimum absolute atomic E-state index is 0.253. The van der Waals surface area contributed by atoms with Crippen LogP contribution < -0.4 is 10.1 Å². The molecule has 4 heteroatoms. The first-order chi connectivity index (χ1) is 10.1. The van der Waals surface area contributed by atoms with Gasteiger partial charge >= 0.3 is 0 Å². The van der Waals surface area contributed by atoms with Crippen LogP contribution in [0.25, 0.3) is 0 Å². The van der Waals surface area contributed by atoms with Crippen LogP contribution in [0.15, 0.2) is 46.9 Å². The van der Waals surface area contributed by atoms with E-state index >= 15 is 0 Å². The molecule has 1 atom stereocenters. The zero-order chi connectivity index (χ0) is 15.2. The van der Waals surface area contributed by atoms with Crippen molar-refractivity contribution in [2.45, 2.75) is 25.9 Å². The molecule has 0 spiro atoms. The first-order valence-electron chi connectivity index (χ1n) is 6.95. The molecule has 2 nitrogen and oxygen atoms in total. The van der Waals surface area contributed by atoms with E-state index in [9.17, 15) is 4.39 Å². The molecular formula is C17H19BrFNO. The van der Waals surface area contributed by atoms with Crippen molar-refractivity contribution in [1.82, 2.24) is 5.32 Å². The molecule has 2 aromatic rings. The van der Waals surface area contributed by atoms with Crippen LogP contribution in [-0.4, -0.2) is 7.11 Å². The van der Waals surface area contributed by atoms with E-state index in [1.54, 1.807) is 6.07 Å². The maximum Gasteiger partial charge on any atom is 0.165 e. The monoisotopic (exact) mass is 351 g/mol. The summed E-state index contributed by atoms with van der Waals surface area (Å²) in [5.74, 6) is -0.0489. The van der Waals surface area contributed by atoms with Crippen molar-refractivity contribution in [2.24, 2.45) is 0 Å². The number of hydrogen-bond acceptors (Lipinski definition) is 2. The molecule has 0 heterocycles. The van der Waals surface area contributed by atoms with Gasteiger partial charge in [-0.25, -0.2) is 4.39 Å². The lowest BCUT2D eigenvalue weighted by molar-refractivity contribution is 0.386. The summed E-state index contributed by atoms with van der Waals surface area (Å²) in [7, 11) is 1.47. The number of rotatable bonds is 6. The SMILES string of the molecule is CCC(NCc1ccc(OC)c(F)c1)c1ccc(Br)cc1. The third-order valence-corrected chi connectivity index (χ3v) is 3.98. The molecule has 0 aliphatic heterocycles. The molecule has 0 radical (unpaired) electrons. The summed E-state index contributed by atoms with van der Waals surface area (Å²) >= 11 is 3.44. The first kappa shape index (κ1) is 16.0. The normalized spacial score (nSPS) is 12.2. The van der Waals surface area contributed by atoms with Gasteiger partial charge in [-0.2, -0.15) is 0 Å². The fourth-order valence-electron chi connectivity index (χ4n) is 2.25. The van der Waals surface area contributed by atoms with Gasteiger partial charge in [-0.3, -0.25) is 0 Å². The van der Waals surface area contributed by atoms with Crippen LogP contribution in [0.5, 0.6) is 5.75 Å². The zero-order valence-electron chi connectivity index (χ0n) is 12.2. The fourth-order valence-corrected chi connectivity index (χ4v) is 2.52.